The van der Waals surface area contributed by atoms with Crippen LogP contribution >= 0.6 is 12.6 Å². The molecule has 8 aromatic carbocycles. The van der Waals surface area contributed by atoms with Gasteiger partial charge in [-0.2, -0.15) is 83.0 Å². The summed E-state index contributed by atoms with van der Waals surface area (Å²) >= 11 is 4.37. The molecule has 85 heavy (non-hydrogen) atoms. The topological polar surface area (TPSA) is 524 Å². The van der Waals surface area contributed by atoms with Gasteiger partial charge in [0, 0.05) is 16.0 Å². The van der Waals surface area contributed by atoms with E-state index in [-0.39, 0.29) is 60.2 Å². The third-order valence-corrected chi connectivity index (χ3v) is 16.1. The van der Waals surface area contributed by atoms with E-state index in [1.54, 1.807) is 12.1 Å². The summed E-state index contributed by atoms with van der Waals surface area (Å²) < 4.78 is 171. The van der Waals surface area contributed by atoms with Gasteiger partial charge in [0.15, 0.2) is 0 Å². The van der Waals surface area contributed by atoms with Gasteiger partial charge in [-0.25, -0.2) is 0 Å². The molecular formula is C48H38N16O15S6. The zero-order valence-electron chi connectivity index (χ0n) is 42.3. The van der Waals surface area contributed by atoms with Crippen LogP contribution in [-0.2, 0) is 50.6 Å². The van der Waals surface area contributed by atoms with Crippen LogP contribution in [0.25, 0.3) is 11.1 Å². The first-order valence-corrected chi connectivity index (χ1v) is 30.7. The van der Waals surface area contributed by atoms with Gasteiger partial charge >= 0.3 is 0 Å². The Bertz CT molecular complexity index is 4770. The SMILES string of the molecule is Nc1c(S)cc(N=Nc2ccc(-c3ccc(/N=N\c4cc(S(=O)(=O)O)c(N)c(/N=N/c5ccc(N=Nc6ccc(S(=O)(=O)O)cc6)cc5)c4N)cc3S(=O)(=O)O)c(S(=O)(=O)O)c2)c(N)c1/N=N/c1ccc(N=Nc2ccc(S(=O)(=O)O)cc2)cc1. The third-order valence-electron chi connectivity index (χ3n) is 11.3. The summed E-state index contributed by atoms with van der Waals surface area (Å²) in [6.45, 7) is 0. The second-order valence-electron chi connectivity index (χ2n) is 17.1. The molecule has 0 aliphatic heterocycles. The fraction of sp³-hybridized carbons (Fsp3) is 0. The molecule has 0 aromatic heterocycles. The standard InChI is InChI=1S/C48H38N16O15S6/c49-43-37(23-39(80)45(51)47(43)63-57-27-5-1-25(2-6-27)53-55-29-9-15-33(16-10-29)81(65,66)67)61-59-31-13-19-35(40(21-31)83(71,72)73)36-20-14-32(22-41(36)84(74,75)76)60-62-38-24-42(85(77,78)79)46(52)48(44(38)50)64-58-28-7-3-26(4-8-28)54-56-30-11-17-34(18-12-30)82(68,69)70/h1-24,80H,49-52H2,(H,65,66,67)(H,68,69,70)(H,71,72,73)(H,74,75,76)(H,77,78,79)/b55-53?,56-54?,61-59?,62-60-,63-57+,64-58+. The van der Waals surface area contributed by atoms with Gasteiger partial charge in [0.25, 0.3) is 50.6 Å². The fourth-order valence-electron chi connectivity index (χ4n) is 7.16. The molecule has 0 bridgehead atoms. The molecule has 13 N–H and O–H groups in total. The van der Waals surface area contributed by atoms with Crippen molar-refractivity contribution in [3.63, 3.8) is 0 Å². The summed E-state index contributed by atoms with van der Waals surface area (Å²) in [5.74, 6) is 0. The van der Waals surface area contributed by atoms with Crippen molar-refractivity contribution < 1.29 is 64.9 Å². The van der Waals surface area contributed by atoms with Crippen LogP contribution in [0.3, 0.4) is 0 Å². The summed E-state index contributed by atoms with van der Waals surface area (Å²) in [5.41, 5.74) is 22.5. The molecular weight excluding hydrogens is 1230 g/mol. The average Bonchev–Trinajstić information content (AvgIpc) is 1.95. The van der Waals surface area contributed by atoms with Crippen molar-refractivity contribution in [3.05, 3.63) is 146 Å². The van der Waals surface area contributed by atoms with Crippen molar-refractivity contribution >= 4 is 154 Å². The van der Waals surface area contributed by atoms with E-state index in [1.807, 2.05) is 0 Å². The molecule has 0 radical (unpaired) electrons. The van der Waals surface area contributed by atoms with Gasteiger partial charge in [0.05, 0.1) is 78.0 Å². The lowest BCUT2D eigenvalue weighted by molar-refractivity contribution is 0.480. The van der Waals surface area contributed by atoms with Gasteiger partial charge in [-0.1, -0.05) is 12.1 Å². The minimum Gasteiger partial charge on any atom is -0.396 e. The first-order valence-electron chi connectivity index (χ1n) is 23.0. The van der Waals surface area contributed by atoms with Crippen LogP contribution in [0.1, 0.15) is 0 Å². The second kappa shape index (κ2) is 24.3. The van der Waals surface area contributed by atoms with Crippen LogP contribution < -0.4 is 22.9 Å². The molecule has 0 aliphatic carbocycles. The van der Waals surface area contributed by atoms with Crippen molar-refractivity contribution in [1.82, 2.24) is 0 Å². The number of nitrogens with two attached hydrogens (primary N) is 4. The van der Waals surface area contributed by atoms with Crippen LogP contribution in [0.4, 0.5) is 91.0 Å². The van der Waals surface area contributed by atoms with E-state index >= 15 is 0 Å². The van der Waals surface area contributed by atoms with Crippen LogP contribution in [0.5, 0.6) is 0 Å². The highest BCUT2D eigenvalue weighted by molar-refractivity contribution is 7.87. The molecule has 0 saturated carbocycles. The molecule has 31 nitrogen and oxygen atoms in total. The summed E-state index contributed by atoms with van der Waals surface area (Å²) in [5, 5.41) is 48.3. The number of rotatable bonds is 18. The van der Waals surface area contributed by atoms with E-state index in [0.717, 1.165) is 60.7 Å². The number of benzene rings is 8. The number of thiol groups is 1. The molecule has 0 heterocycles. The maximum atomic E-state index is 12.9. The maximum absolute atomic E-state index is 12.9. The van der Waals surface area contributed by atoms with E-state index in [0.29, 0.717) is 22.7 Å². The molecule has 0 atom stereocenters. The van der Waals surface area contributed by atoms with Gasteiger partial charge in [0.2, 0.25) is 0 Å². The van der Waals surface area contributed by atoms with Gasteiger partial charge in [-0.15, -0.1) is 33.1 Å². The highest BCUT2D eigenvalue weighted by atomic mass is 32.2. The van der Waals surface area contributed by atoms with Crippen molar-refractivity contribution in [1.29, 1.82) is 0 Å². The number of azo groups is 6. The number of hydrogen-bond donors (Lipinski definition) is 10. The van der Waals surface area contributed by atoms with E-state index in [9.17, 15) is 55.7 Å². The highest BCUT2D eigenvalue weighted by Crippen LogP contribution is 2.46. The zero-order valence-corrected chi connectivity index (χ0v) is 47.3. The Morgan fingerprint density at radius 2 is 0.553 bits per heavy atom. The summed E-state index contributed by atoms with van der Waals surface area (Å²) in [6, 6.07) is 29.6. The van der Waals surface area contributed by atoms with E-state index in [1.165, 1.54) is 72.8 Å². The molecule has 0 fully saturated rings. The molecule has 8 aromatic rings. The molecule has 8 rings (SSSR count). The summed E-state index contributed by atoms with van der Waals surface area (Å²) in [7, 11) is -24.4. The molecule has 436 valence electrons. The van der Waals surface area contributed by atoms with Crippen LogP contribution in [0.2, 0.25) is 0 Å². The fourth-order valence-corrected chi connectivity index (χ4v) is 10.4. The lowest BCUT2D eigenvalue weighted by Gasteiger charge is -2.13. The molecule has 0 aliphatic rings. The van der Waals surface area contributed by atoms with Crippen LogP contribution in [0, 0.1) is 0 Å². The quantitative estimate of drug-likeness (QED) is 0.0165. The van der Waals surface area contributed by atoms with Gasteiger partial charge in [0.1, 0.15) is 37.4 Å². The molecule has 0 saturated heterocycles. The Morgan fingerprint density at radius 1 is 0.282 bits per heavy atom. The third kappa shape index (κ3) is 15.2. The smallest absolute Gasteiger partial charge is 0.296 e. The van der Waals surface area contributed by atoms with Crippen LogP contribution in [-0.4, -0.2) is 64.9 Å². The van der Waals surface area contributed by atoms with Gasteiger partial charge in [-0.3, -0.25) is 22.8 Å². The van der Waals surface area contributed by atoms with Crippen molar-refractivity contribution in [3.8, 4) is 11.1 Å². The van der Waals surface area contributed by atoms with Crippen molar-refractivity contribution in [2.75, 3.05) is 22.9 Å². The Kier molecular flexibility index (Phi) is 17.6. The Morgan fingerprint density at radius 3 is 0.871 bits per heavy atom. The predicted molar refractivity (Wildman–Crippen MR) is 310 cm³/mol. The molecule has 0 unspecified atom stereocenters. The molecule has 0 amide bonds. The largest absolute Gasteiger partial charge is 0.396 e. The van der Waals surface area contributed by atoms with E-state index < -0.39 is 99.2 Å². The first-order chi connectivity index (χ1) is 39.8. The zero-order chi connectivity index (χ0) is 61.8. The minimum atomic E-state index is -5.28. The van der Waals surface area contributed by atoms with Crippen molar-refractivity contribution in [2.45, 2.75) is 29.4 Å². The lowest BCUT2D eigenvalue weighted by Crippen LogP contribution is -2.05. The van der Waals surface area contributed by atoms with E-state index in [2.05, 4.69) is 74.0 Å². The van der Waals surface area contributed by atoms with Gasteiger partial charge < -0.3 is 22.9 Å². The minimum absolute atomic E-state index is 0.0125. The average molecular weight is 1270 g/mol. The Balaban J connectivity index is 1.03. The Labute approximate surface area is 486 Å². The summed E-state index contributed by atoms with van der Waals surface area (Å²) in [4.78, 5) is -3.36. The number of anilines is 4. The van der Waals surface area contributed by atoms with Gasteiger partial charge in [-0.05, 0) is 133 Å². The number of nitrogen functional groups attached to an aromatic ring is 4. The Hall–Kier alpha value is -9.54. The summed E-state index contributed by atoms with van der Waals surface area (Å²) in [6.07, 6.45) is 0. The second-order valence-corrected chi connectivity index (χ2v) is 24.6. The number of hydrogen-bond acceptors (Lipinski definition) is 27. The number of nitrogens with zero attached hydrogens (tertiary/aromatic N) is 12. The molecule has 0 spiro atoms. The van der Waals surface area contributed by atoms with Crippen molar-refractivity contribution in [2.24, 2.45) is 61.4 Å². The van der Waals surface area contributed by atoms with E-state index in [4.69, 9.17) is 32.0 Å². The lowest BCUT2D eigenvalue weighted by atomic mass is 10.0. The normalized spacial score (nSPS) is 13.0. The monoisotopic (exact) mass is 1270 g/mol. The van der Waals surface area contributed by atoms with Crippen LogP contribution in [0.15, 0.2) is 236 Å². The maximum Gasteiger partial charge on any atom is 0.296 e. The molecule has 37 heteroatoms. The first kappa shape index (κ1) is 61.5. The highest BCUT2D eigenvalue weighted by Gasteiger charge is 2.26. The predicted octanol–water partition coefficient (Wildman–Crippen LogP) is 12.7.